The molecule has 0 aliphatic carbocycles. The van der Waals surface area contributed by atoms with Crippen molar-refractivity contribution in [1.82, 2.24) is 4.98 Å². The first-order valence-electron chi connectivity index (χ1n) is 4.99. The summed E-state index contributed by atoms with van der Waals surface area (Å²) in [6.45, 7) is 2.20. The number of aliphatic hydroxyl groups is 1. The van der Waals surface area contributed by atoms with Crippen LogP contribution in [-0.2, 0) is 4.74 Å². The normalized spacial score (nSPS) is 12.2. The van der Waals surface area contributed by atoms with Crippen molar-refractivity contribution in [3.63, 3.8) is 0 Å². The highest BCUT2D eigenvalue weighted by Gasteiger charge is 2.09. The monoisotopic (exact) mass is 241 g/mol. The predicted octanol–water partition coefficient (Wildman–Crippen LogP) is 1.73. The van der Waals surface area contributed by atoms with E-state index in [1.807, 2.05) is 13.0 Å². The first-order chi connectivity index (χ1) is 7.67. The lowest BCUT2D eigenvalue weighted by atomic mass is 10.3. The van der Waals surface area contributed by atoms with Gasteiger partial charge in [0.05, 0.1) is 7.11 Å². The third-order valence-electron chi connectivity index (χ3n) is 2.00. The van der Waals surface area contributed by atoms with Gasteiger partial charge in [0, 0.05) is 22.9 Å². The molecule has 0 bridgehead atoms. The van der Waals surface area contributed by atoms with E-state index in [2.05, 4.69) is 9.72 Å². The number of rotatable bonds is 5. The Morgan fingerprint density at radius 3 is 3.06 bits per heavy atom. The molecular formula is C11H15NO3S. The van der Waals surface area contributed by atoms with Crippen LogP contribution < -0.4 is 0 Å². The second kappa shape index (κ2) is 6.50. The van der Waals surface area contributed by atoms with Gasteiger partial charge in [-0.2, -0.15) is 0 Å². The Hall–Kier alpha value is -1.07. The Kier molecular flexibility index (Phi) is 5.28. The lowest BCUT2D eigenvalue weighted by molar-refractivity contribution is 0.0593. The molecule has 1 heterocycles. The summed E-state index contributed by atoms with van der Waals surface area (Å²) >= 11 is 1.60. The molecule has 0 spiro atoms. The summed E-state index contributed by atoms with van der Waals surface area (Å²) in [5.74, 6) is -0.433. The minimum atomic E-state index is -0.433. The number of methoxy groups -OCH3 is 1. The molecule has 1 aromatic heterocycles. The molecule has 5 heteroatoms. The van der Waals surface area contributed by atoms with Gasteiger partial charge in [0.25, 0.3) is 0 Å². The fourth-order valence-corrected chi connectivity index (χ4v) is 2.18. The van der Waals surface area contributed by atoms with Crippen LogP contribution in [0.1, 0.15) is 23.8 Å². The minimum Gasteiger partial charge on any atom is -0.464 e. The summed E-state index contributed by atoms with van der Waals surface area (Å²) in [6.07, 6.45) is 2.31. The van der Waals surface area contributed by atoms with Crippen molar-refractivity contribution in [1.29, 1.82) is 0 Å². The highest BCUT2D eigenvalue weighted by atomic mass is 32.2. The maximum atomic E-state index is 11.2. The van der Waals surface area contributed by atoms with E-state index in [9.17, 15) is 4.79 Å². The number of aliphatic hydroxyl groups excluding tert-OH is 1. The minimum absolute atomic E-state index is 0.170. The van der Waals surface area contributed by atoms with E-state index in [0.29, 0.717) is 10.9 Å². The van der Waals surface area contributed by atoms with E-state index >= 15 is 0 Å². The summed E-state index contributed by atoms with van der Waals surface area (Å²) < 4.78 is 4.59. The molecular weight excluding hydrogens is 226 g/mol. The number of esters is 1. The van der Waals surface area contributed by atoms with E-state index in [1.54, 1.807) is 24.0 Å². The third kappa shape index (κ3) is 3.83. The van der Waals surface area contributed by atoms with Crippen LogP contribution in [0.25, 0.3) is 0 Å². The van der Waals surface area contributed by atoms with Gasteiger partial charge in [0.1, 0.15) is 5.69 Å². The molecule has 0 amide bonds. The topological polar surface area (TPSA) is 59.4 Å². The van der Waals surface area contributed by atoms with E-state index in [4.69, 9.17) is 5.11 Å². The van der Waals surface area contributed by atoms with Gasteiger partial charge in [0.15, 0.2) is 0 Å². The van der Waals surface area contributed by atoms with Crippen LogP contribution >= 0.6 is 11.8 Å². The fraction of sp³-hybridized carbons (Fsp3) is 0.455. The van der Waals surface area contributed by atoms with Crippen molar-refractivity contribution in [2.75, 3.05) is 13.7 Å². The molecule has 1 atom stereocenters. The number of carbonyl (C=O) groups excluding carboxylic acids is 1. The number of carbonyl (C=O) groups is 1. The number of ether oxygens (including phenoxy) is 1. The van der Waals surface area contributed by atoms with Gasteiger partial charge >= 0.3 is 5.97 Å². The van der Waals surface area contributed by atoms with Gasteiger partial charge in [-0.15, -0.1) is 11.8 Å². The van der Waals surface area contributed by atoms with Gasteiger partial charge in [-0.3, -0.25) is 0 Å². The Morgan fingerprint density at radius 2 is 2.44 bits per heavy atom. The van der Waals surface area contributed by atoms with Gasteiger partial charge in [0.2, 0.25) is 0 Å². The molecule has 0 aromatic carbocycles. The molecule has 0 aliphatic rings. The molecule has 1 N–H and O–H groups in total. The molecule has 88 valence electrons. The predicted molar refractivity (Wildman–Crippen MR) is 62.6 cm³/mol. The summed E-state index contributed by atoms with van der Waals surface area (Å²) in [5.41, 5.74) is 0.309. The highest BCUT2D eigenvalue weighted by Crippen LogP contribution is 2.25. The summed E-state index contributed by atoms with van der Waals surface area (Å²) in [4.78, 5) is 16.1. The zero-order chi connectivity index (χ0) is 12.0. The lowest BCUT2D eigenvalue weighted by Gasteiger charge is -2.09. The number of aromatic nitrogens is 1. The van der Waals surface area contributed by atoms with E-state index in [-0.39, 0.29) is 6.61 Å². The Bertz CT molecular complexity index is 357. The molecule has 16 heavy (non-hydrogen) atoms. The second-order valence-corrected chi connectivity index (χ2v) is 4.82. The number of nitrogens with zero attached hydrogens (tertiary/aromatic N) is 1. The largest absolute Gasteiger partial charge is 0.464 e. The maximum Gasteiger partial charge on any atom is 0.356 e. The third-order valence-corrected chi connectivity index (χ3v) is 3.16. The van der Waals surface area contributed by atoms with E-state index in [1.165, 1.54) is 7.11 Å². The fourth-order valence-electron chi connectivity index (χ4n) is 1.17. The second-order valence-electron chi connectivity index (χ2n) is 3.31. The average Bonchev–Trinajstić information content (AvgIpc) is 2.28. The van der Waals surface area contributed by atoms with Crippen LogP contribution in [0.5, 0.6) is 0 Å². The molecule has 0 saturated heterocycles. The molecule has 1 unspecified atom stereocenters. The SMILES string of the molecule is COC(=O)c1cc(SC(C)CCO)ccn1. The van der Waals surface area contributed by atoms with Gasteiger partial charge < -0.3 is 9.84 Å². The summed E-state index contributed by atoms with van der Waals surface area (Å²) in [7, 11) is 1.33. The highest BCUT2D eigenvalue weighted by molar-refractivity contribution is 7.99. The molecule has 1 aromatic rings. The number of thioether (sulfide) groups is 1. The van der Waals surface area contributed by atoms with Crippen LogP contribution in [0.2, 0.25) is 0 Å². The van der Waals surface area contributed by atoms with E-state index in [0.717, 1.165) is 11.3 Å². The van der Waals surface area contributed by atoms with Crippen molar-refractivity contribution in [2.24, 2.45) is 0 Å². The molecule has 1 rings (SSSR count). The summed E-state index contributed by atoms with van der Waals surface area (Å²) in [5, 5.41) is 9.10. The van der Waals surface area contributed by atoms with Crippen molar-refractivity contribution in [3.8, 4) is 0 Å². The summed E-state index contributed by atoms with van der Waals surface area (Å²) in [6, 6.07) is 3.54. The van der Waals surface area contributed by atoms with Gasteiger partial charge in [-0.05, 0) is 18.6 Å². The molecule has 0 aliphatic heterocycles. The van der Waals surface area contributed by atoms with Crippen LogP contribution in [-0.4, -0.2) is 35.0 Å². The van der Waals surface area contributed by atoms with Crippen LogP contribution in [0.15, 0.2) is 23.2 Å². The number of pyridine rings is 1. The zero-order valence-corrected chi connectivity index (χ0v) is 10.2. The Labute approximate surface area is 99.0 Å². The van der Waals surface area contributed by atoms with Crippen LogP contribution in [0.3, 0.4) is 0 Å². The van der Waals surface area contributed by atoms with Crippen LogP contribution in [0.4, 0.5) is 0 Å². The van der Waals surface area contributed by atoms with Gasteiger partial charge in [-0.25, -0.2) is 9.78 Å². The van der Waals surface area contributed by atoms with Crippen molar-refractivity contribution in [3.05, 3.63) is 24.0 Å². The van der Waals surface area contributed by atoms with Crippen molar-refractivity contribution >= 4 is 17.7 Å². The Morgan fingerprint density at radius 1 is 1.69 bits per heavy atom. The van der Waals surface area contributed by atoms with Crippen LogP contribution in [0, 0.1) is 0 Å². The smallest absolute Gasteiger partial charge is 0.356 e. The molecule has 0 saturated carbocycles. The average molecular weight is 241 g/mol. The molecule has 0 radical (unpaired) electrons. The van der Waals surface area contributed by atoms with Crippen molar-refractivity contribution < 1.29 is 14.6 Å². The quantitative estimate of drug-likeness (QED) is 0.628. The number of hydrogen-bond acceptors (Lipinski definition) is 5. The molecule has 0 fully saturated rings. The molecule has 4 nitrogen and oxygen atoms in total. The maximum absolute atomic E-state index is 11.2. The lowest BCUT2D eigenvalue weighted by Crippen LogP contribution is -2.04. The first kappa shape index (κ1) is 13.0. The first-order valence-corrected chi connectivity index (χ1v) is 5.87. The standard InChI is InChI=1S/C11H15NO3S/c1-8(4-6-13)16-9-3-5-12-10(7-9)11(14)15-2/h3,5,7-8,13H,4,6H2,1-2H3. The Balaban J connectivity index is 2.70. The van der Waals surface area contributed by atoms with E-state index < -0.39 is 5.97 Å². The van der Waals surface area contributed by atoms with Gasteiger partial charge in [-0.1, -0.05) is 6.92 Å². The van der Waals surface area contributed by atoms with Crippen molar-refractivity contribution in [2.45, 2.75) is 23.5 Å². The number of hydrogen-bond donors (Lipinski definition) is 1. The zero-order valence-electron chi connectivity index (χ0n) is 9.34.